The summed E-state index contributed by atoms with van der Waals surface area (Å²) >= 11 is 1.25. The minimum atomic E-state index is 0.492. The number of oxazole rings is 1. The second-order valence-corrected chi connectivity index (χ2v) is 4.46. The van der Waals surface area contributed by atoms with E-state index in [4.69, 9.17) is 9.68 Å². The lowest BCUT2D eigenvalue weighted by Gasteiger charge is -1.97. The summed E-state index contributed by atoms with van der Waals surface area (Å²) in [7, 11) is 0. The number of benzene rings is 1. The highest BCUT2D eigenvalue weighted by Crippen LogP contribution is 2.30. The number of nitriles is 1. The Hall–Kier alpha value is -2.32. The van der Waals surface area contributed by atoms with E-state index in [9.17, 15) is 0 Å². The van der Waals surface area contributed by atoms with Crippen molar-refractivity contribution in [3.05, 3.63) is 48.2 Å². The maximum absolute atomic E-state index is 8.98. The normalized spacial score (nSPS) is 10.4. The van der Waals surface area contributed by atoms with Gasteiger partial charge in [-0.3, -0.25) is 0 Å². The van der Waals surface area contributed by atoms with E-state index in [0.717, 1.165) is 11.1 Å². The van der Waals surface area contributed by atoms with E-state index in [2.05, 4.69) is 16.0 Å². The molecule has 3 rings (SSSR count). The van der Waals surface area contributed by atoms with Crippen molar-refractivity contribution < 1.29 is 4.42 Å². The van der Waals surface area contributed by atoms with E-state index in [1.54, 1.807) is 18.3 Å². The summed E-state index contributed by atoms with van der Waals surface area (Å²) in [4.78, 5) is 8.49. The summed E-state index contributed by atoms with van der Waals surface area (Å²) in [6, 6.07) is 13.1. The first-order valence-corrected chi connectivity index (χ1v) is 6.07. The fourth-order valence-electron chi connectivity index (χ4n) is 1.53. The van der Waals surface area contributed by atoms with E-state index in [0.29, 0.717) is 15.8 Å². The highest BCUT2D eigenvalue weighted by molar-refractivity contribution is 7.99. The topological polar surface area (TPSA) is 62.7 Å². The first-order chi connectivity index (χ1) is 8.86. The van der Waals surface area contributed by atoms with Gasteiger partial charge in [-0.05, 0) is 36.0 Å². The Morgan fingerprint density at radius 2 is 2.06 bits per heavy atom. The second kappa shape index (κ2) is 4.51. The molecule has 0 saturated heterocycles. The van der Waals surface area contributed by atoms with Gasteiger partial charge in [0.25, 0.3) is 5.22 Å². The van der Waals surface area contributed by atoms with Gasteiger partial charge in [0, 0.05) is 6.20 Å². The molecule has 0 bridgehead atoms. The van der Waals surface area contributed by atoms with Gasteiger partial charge in [0.15, 0.2) is 5.58 Å². The lowest BCUT2D eigenvalue weighted by molar-refractivity contribution is 0.489. The van der Waals surface area contributed by atoms with E-state index >= 15 is 0 Å². The van der Waals surface area contributed by atoms with Gasteiger partial charge in [0.05, 0.1) is 5.56 Å². The Bertz CT molecular complexity index is 712. The Morgan fingerprint density at radius 1 is 1.17 bits per heavy atom. The molecule has 0 aliphatic rings. The van der Waals surface area contributed by atoms with E-state index in [1.165, 1.54) is 11.8 Å². The predicted molar refractivity (Wildman–Crippen MR) is 67.1 cm³/mol. The molecule has 4 nitrogen and oxygen atoms in total. The Kier molecular flexibility index (Phi) is 2.71. The van der Waals surface area contributed by atoms with Crippen molar-refractivity contribution in [2.24, 2.45) is 0 Å². The van der Waals surface area contributed by atoms with Crippen LogP contribution >= 0.6 is 11.8 Å². The number of hydrogen-bond donors (Lipinski definition) is 0. The molecule has 1 aromatic carbocycles. The number of hydrogen-bond acceptors (Lipinski definition) is 5. The third kappa shape index (κ3) is 1.94. The molecule has 0 N–H and O–H groups in total. The third-order valence-corrected chi connectivity index (χ3v) is 3.22. The van der Waals surface area contributed by atoms with E-state index < -0.39 is 0 Å². The summed E-state index contributed by atoms with van der Waals surface area (Å²) in [6.45, 7) is 0. The Balaban J connectivity index is 1.99. The number of nitrogens with zero attached hydrogens (tertiary/aromatic N) is 3. The highest BCUT2D eigenvalue weighted by atomic mass is 32.2. The molecule has 0 spiro atoms. The van der Waals surface area contributed by atoms with Gasteiger partial charge in [0.1, 0.15) is 16.6 Å². The van der Waals surface area contributed by atoms with Crippen molar-refractivity contribution in [3.63, 3.8) is 0 Å². The third-order valence-electron chi connectivity index (χ3n) is 2.35. The van der Waals surface area contributed by atoms with Crippen LogP contribution in [0.15, 0.2) is 57.3 Å². The van der Waals surface area contributed by atoms with Crippen molar-refractivity contribution >= 4 is 22.9 Å². The molecule has 0 fully saturated rings. The average molecular weight is 253 g/mol. The van der Waals surface area contributed by atoms with Crippen LogP contribution in [0, 0.1) is 11.3 Å². The number of pyridine rings is 1. The smallest absolute Gasteiger partial charge is 0.263 e. The zero-order valence-corrected chi connectivity index (χ0v) is 10.0. The number of aromatic nitrogens is 2. The maximum Gasteiger partial charge on any atom is 0.263 e. The predicted octanol–water partition coefficient (Wildman–Crippen LogP) is 3.25. The fourth-order valence-corrected chi connectivity index (χ4v) is 2.31. The summed E-state index contributed by atoms with van der Waals surface area (Å²) in [5.41, 5.74) is 2.05. The fraction of sp³-hybridized carbons (Fsp3) is 0. The van der Waals surface area contributed by atoms with E-state index in [1.807, 2.05) is 24.3 Å². The van der Waals surface area contributed by atoms with Gasteiger partial charge in [-0.25, -0.2) is 9.97 Å². The molecule has 18 heavy (non-hydrogen) atoms. The first-order valence-electron chi connectivity index (χ1n) is 5.25. The van der Waals surface area contributed by atoms with Crippen molar-refractivity contribution in [1.29, 1.82) is 5.26 Å². The van der Waals surface area contributed by atoms with Gasteiger partial charge >= 0.3 is 0 Å². The molecule has 0 radical (unpaired) electrons. The quantitative estimate of drug-likeness (QED) is 0.701. The van der Waals surface area contributed by atoms with Gasteiger partial charge in [-0.15, -0.1) is 0 Å². The standard InChI is InChI=1S/C13H7N3OS/c14-8-9-4-3-7-15-12(9)18-13-16-10-5-1-2-6-11(10)17-13/h1-7H. The van der Waals surface area contributed by atoms with Crippen molar-refractivity contribution in [1.82, 2.24) is 9.97 Å². The summed E-state index contributed by atoms with van der Waals surface area (Å²) < 4.78 is 5.57. The van der Waals surface area contributed by atoms with Crippen LogP contribution in [-0.2, 0) is 0 Å². The molecule has 0 amide bonds. The van der Waals surface area contributed by atoms with E-state index in [-0.39, 0.29) is 0 Å². The molecule has 3 aromatic rings. The van der Waals surface area contributed by atoms with Crippen LogP contribution in [-0.4, -0.2) is 9.97 Å². The lowest BCUT2D eigenvalue weighted by atomic mass is 10.3. The lowest BCUT2D eigenvalue weighted by Crippen LogP contribution is -1.84. The van der Waals surface area contributed by atoms with Crippen LogP contribution in [0.5, 0.6) is 0 Å². The molecule has 0 aliphatic carbocycles. The van der Waals surface area contributed by atoms with Gasteiger partial charge in [0.2, 0.25) is 0 Å². The molecule has 2 aromatic heterocycles. The SMILES string of the molecule is N#Cc1cccnc1Sc1nc2ccccc2o1. The molecule has 86 valence electrons. The Morgan fingerprint density at radius 3 is 2.89 bits per heavy atom. The maximum atomic E-state index is 8.98. The molecular weight excluding hydrogens is 246 g/mol. The number of para-hydroxylation sites is 2. The molecule has 0 saturated carbocycles. The summed E-state index contributed by atoms with van der Waals surface area (Å²) in [5, 5.41) is 10.1. The molecule has 5 heteroatoms. The largest absolute Gasteiger partial charge is 0.431 e. The van der Waals surface area contributed by atoms with Gasteiger partial charge in [-0.1, -0.05) is 12.1 Å². The van der Waals surface area contributed by atoms with Crippen molar-refractivity contribution in [2.45, 2.75) is 10.2 Å². The zero-order chi connectivity index (χ0) is 12.4. The van der Waals surface area contributed by atoms with Crippen molar-refractivity contribution in [2.75, 3.05) is 0 Å². The second-order valence-electron chi connectivity index (χ2n) is 3.52. The van der Waals surface area contributed by atoms with Gasteiger partial charge < -0.3 is 4.42 Å². The van der Waals surface area contributed by atoms with Crippen LogP contribution < -0.4 is 0 Å². The molecule has 2 heterocycles. The molecule has 0 unspecified atom stereocenters. The summed E-state index contributed by atoms with van der Waals surface area (Å²) in [5.74, 6) is 0. The number of rotatable bonds is 2. The minimum Gasteiger partial charge on any atom is -0.431 e. The zero-order valence-electron chi connectivity index (χ0n) is 9.20. The monoisotopic (exact) mass is 253 g/mol. The van der Waals surface area contributed by atoms with Gasteiger partial charge in [-0.2, -0.15) is 5.26 Å². The van der Waals surface area contributed by atoms with Crippen LogP contribution in [0.25, 0.3) is 11.1 Å². The molecule has 0 aliphatic heterocycles. The molecule has 0 atom stereocenters. The van der Waals surface area contributed by atoms with Crippen LogP contribution in [0.4, 0.5) is 0 Å². The Labute approximate surface area is 107 Å². The average Bonchev–Trinajstić information content (AvgIpc) is 2.81. The molecular formula is C13H7N3OS. The van der Waals surface area contributed by atoms with Crippen LogP contribution in [0.3, 0.4) is 0 Å². The van der Waals surface area contributed by atoms with Crippen LogP contribution in [0.2, 0.25) is 0 Å². The minimum absolute atomic E-state index is 0.492. The van der Waals surface area contributed by atoms with Crippen molar-refractivity contribution in [3.8, 4) is 6.07 Å². The highest BCUT2D eigenvalue weighted by Gasteiger charge is 2.10. The summed E-state index contributed by atoms with van der Waals surface area (Å²) in [6.07, 6.45) is 1.64. The number of fused-ring (bicyclic) bond motifs is 1. The van der Waals surface area contributed by atoms with Crippen LogP contribution in [0.1, 0.15) is 5.56 Å². The first kappa shape index (κ1) is 10.8.